The molecule has 0 aromatic heterocycles. The van der Waals surface area contributed by atoms with Gasteiger partial charge in [0.25, 0.3) is 0 Å². The molecule has 3 aromatic rings. The van der Waals surface area contributed by atoms with Gasteiger partial charge in [-0.2, -0.15) is 0 Å². The molecule has 0 N–H and O–H groups in total. The normalized spacial score (nSPS) is 14.7. The molecule has 1 unspecified atom stereocenters. The van der Waals surface area contributed by atoms with Crippen LogP contribution in [0.15, 0.2) is 78.4 Å². The third-order valence-corrected chi connectivity index (χ3v) is 22.0. The van der Waals surface area contributed by atoms with Crippen molar-refractivity contribution in [2.45, 2.75) is 258 Å². The second-order valence-electron chi connectivity index (χ2n) is 21.8. The van der Waals surface area contributed by atoms with E-state index in [1.165, 1.54) is 198 Å². The molecule has 1 atom stereocenters. The van der Waals surface area contributed by atoms with E-state index in [-0.39, 0.29) is 46.0 Å². The summed E-state index contributed by atoms with van der Waals surface area (Å²) in [6.07, 6.45) is 46.7. The summed E-state index contributed by atoms with van der Waals surface area (Å²) >= 11 is 2.70. The molecule has 0 nitrogen and oxygen atoms in total. The first kappa shape index (κ1) is 65.0. The van der Waals surface area contributed by atoms with Crippen molar-refractivity contribution in [3.8, 4) is 0 Å². The quantitative estimate of drug-likeness (QED) is 0.0320. The number of allylic oxidation sites excluding steroid dienone is 4. The first-order valence-corrected chi connectivity index (χ1v) is 30.8. The molecule has 0 aliphatic heterocycles. The van der Waals surface area contributed by atoms with Crippen molar-refractivity contribution in [3.05, 3.63) is 112 Å². The Labute approximate surface area is 453 Å². The standard InChI is InChI=1S/C63H99Si.3ClH.Ti/c1-10-16-22-28-34-52-42-53(35-29-23-17-11-2)46-60(45-52)64(59-41-40-58(51-59)63(7,8)9,61-47-54(36-30-24-18-12-3)43-55(48-61)37-31-25-19-13-4)62-49-56(38-32-26-20-14-5)44-57(50-62)39-33-27-21-15-6;;;;/h40-51H,10-39H2,1-9H3;3*1H;/q;;;;+3/p-3. The van der Waals surface area contributed by atoms with E-state index >= 15 is 0 Å². The molecule has 0 amide bonds. The van der Waals surface area contributed by atoms with Crippen molar-refractivity contribution < 1.29 is 57.7 Å². The Morgan fingerprint density at radius 2 is 0.603 bits per heavy atom. The third-order valence-electron chi connectivity index (χ3n) is 14.8. The molecule has 0 saturated heterocycles. The molecule has 5 heteroatoms. The van der Waals surface area contributed by atoms with Gasteiger partial charge in [-0.3, -0.25) is 0 Å². The summed E-state index contributed by atoms with van der Waals surface area (Å²) < 4.78 is -0.142. The number of rotatable bonds is 34. The number of halogens is 3. The van der Waals surface area contributed by atoms with Crippen molar-refractivity contribution in [3.63, 3.8) is 0 Å². The van der Waals surface area contributed by atoms with E-state index in [4.69, 9.17) is 0 Å². The summed E-state index contributed by atoms with van der Waals surface area (Å²) in [5.74, 6) is 0. The smallest absolute Gasteiger partial charge is 1.00 e. The van der Waals surface area contributed by atoms with Gasteiger partial charge in [-0.1, -0.05) is 0 Å². The molecule has 0 saturated carbocycles. The summed E-state index contributed by atoms with van der Waals surface area (Å²) in [5, 5.41) is 5.03. The van der Waals surface area contributed by atoms with Crippen LogP contribution in [-0.4, -0.2) is 8.07 Å². The predicted molar refractivity (Wildman–Crippen MR) is 290 cm³/mol. The van der Waals surface area contributed by atoms with Gasteiger partial charge in [0.1, 0.15) is 0 Å². The monoisotopic (exact) mass is 1040 g/mol. The molecule has 1 aliphatic carbocycles. The Morgan fingerprint density at radius 1 is 0.368 bits per heavy atom. The van der Waals surface area contributed by atoms with Crippen molar-refractivity contribution in [2.24, 2.45) is 5.41 Å². The van der Waals surface area contributed by atoms with Gasteiger partial charge in [-0.15, -0.1) is 0 Å². The molecule has 0 bridgehead atoms. The molecule has 4 rings (SSSR count). The summed E-state index contributed by atoms with van der Waals surface area (Å²) in [6, 6.07) is 24.8. The number of hydrogen-bond donors (Lipinski definition) is 0. The second kappa shape index (κ2) is 35.2. The van der Waals surface area contributed by atoms with Crippen LogP contribution in [0.2, 0.25) is 3.34 Å². The minimum absolute atomic E-state index is 0. The van der Waals surface area contributed by atoms with Crippen LogP contribution in [-0.2, 0) is 59.0 Å². The number of aryl methyl sites for hydroxylation is 6. The first-order valence-electron chi connectivity index (χ1n) is 28.0. The van der Waals surface area contributed by atoms with Gasteiger partial charge in [0.05, 0.1) is 0 Å². The fourth-order valence-electron chi connectivity index (χ4n) is 10.8. The van der Waals surface area contributed by atoms with Gasteiger partial charge in [-0.05, 0) is 0 Å². The van der Waals surface area contributed by atoms with Crippen LogP contribution in [0, 0.1) is 5.41 Å². The fraction of sp³-hybridized carbons (Fsp3) is 0.651. The maximum absolute atomic E-state index is 2.91. The van der Waals surface area contributed by atoms with Gasteiger partial charge in [0.15, 0.2) is 0 Å². The molecule has 0 radical (unpaired) electrons. The molecular weight excluding hydrogens is 939 g/mol. The van der Waals surface area contributed by atoms with Crippen LogP contribution in [0.5, 0.6) is 0 Å². The average Bonchev–Trinajstić information content (AvgIpc) is 3.71. The van der Waals surface area contributed by atoms with Crippen LogP contribution in [0.25, 0.3) is 0 Å². The molecule has 380 valence electrons. The zero-order valence-corrected chi connectivity index (χ0v) is 50.1. The summed E-state index contributed by atoms with van der Waals surface area (Å²) in [4.78, 5) is 0. The number of unbranched alkanes of at least 4 members (excludes halogenated alkanes) is 18. The molecule has 0 heterocycles. The topological polar surface area (TPSA) is 0 Å². The zero-order chi connectivity index (χ0) is 47.0. The Morgan fingerprint density at radius 3 is 0.794 bits per heavy atom. The van der Waals surface area contributed by atoms with E-state index < -0.39 is 8.07 Å². The SMILES string of the molecule is CCCCCCc1cc(CCCCCC)cc([Si](c2cc(CCCCCC)cc(CCCCCC)c2)(c2cc(CCCCCC)cc(CCCCCC)c2)[C]2([Ti+3])C=CC(C(C)(C)C)=C2)c1.[Cl-].[Cl-].[Cl-]. The van der Waals surface area contributed by atoms with Crippen molar-refractivity contribution in [2.75, 3.05) is 0 Å². The summed E-state index contributed by atoms with van der Waals surface area (Å²) in [5.41, 5.74) is 11.2. The van der Waals surface area contributed by atoms with Gasteiger partial charge < -0.3 is 37.2 Å². The molecule has 3 aromatic carbocycles. The van der Waals surface area contributed by atoms with E-state index in [1.54, 1.807) is 48.9 Å². The van der Waals surface area contributed by atoms with Gasteiger partial charge >= 0.3 is 420 Å². The van der Waals surface area contributed by atoms with E-state index in [0.717, 1.165) is 0 Å². The number of benzene rings is 3. The van der Waals surface area contributed by atoms with Gasteiger partial charge in [0, 0.05) is 0 Å². The van der Waals surface area contributed by atoms with Crippen molar-refractivity contribution in [1.82, 2.24) is 0 Å². The third kappa shape index (κ3) is 20.1. The van der Waals surface area contributed by atoms with E-state index in [9.17, 15) is 0 Å². The predicted octanol–water partition coefficient (Wildman–Crippen LogP) is 8.69. The second-order valence-corrected chi connectivity index (χ2v) is 27.9. The Hall–Kier alpha value is -1.06. The minimum Gasteiger partial charge on any atom is -1.00 e. The van der Waals surface area contributed by atoms with E-state index in [2.05, 4.69) is 156 Å². The van der Waals surface area contributed by atoms with Crippen LogP contribution in [0.4, 0.5) is 0 Å². The summed E-state index contributed by atoms with van der Waals surface area (Å²) in [6.45, 7) is 21.5. The van der Waals surface area contributed by atoms with E-state index in [0.29, 0.717) is 0 Å². The Bertz CT molecular complexity index is 1610. The maximum Gasteiger partial charge on any atom is -1.00 e. The largest absolute Gasteiger partial charge is 1.00 e. The van der Waals surface area contributed by atoms with E-state index in [1.807, 2.05) is 0 Å². The van der Waals surface area contributed by atoms with Crippen LogP contribution in [0.3, 0.4) is 0 Å². The molecule has 68 heavy (non-hydrogen) atoms. The fourth-order valence-corrected chi connectivity index (χ4v) is 18.8. The Balaban J connectivity index is 0.00000771. The van der Waals surface area contributed by atoms with Gasteiger partial charge in [0.2, 0.25) is 0 Å². The van der Waals surface area contributed by atoms with Gasteiger partial charge in [-0.25, -0.2) is 0 Å². The molecule has 1 aliphatic rings. The van der Waals surface area contributed by atoms with Crippen molar-refractivity contribution >= 4 is 23.6 Å². The number of hydrogen-bond acceptors (Lipinski definition) is 0. The first-order chi connectivity index (χ1) is 31.5. The van der Waals surface area contributed by atoms with Crippen LogP contribution < -0.4 is 52.8 Å². The average molecular weight is 1040 g/mol. The molecule has 0 fully saturated rings. The Kier molecular flexibility index (Phi) is 33.6. The van der Waals surface area contributed by atoms with Crippen LogP contribution >= 0.6 is 0 Å². The zero-order valence-electron chi connectivity index (χ0n) is 45.3. The van der Waals surface area contributed by atoms with Crippen LogP contribution in [0.1, 0.15) is 250 Å². The molecular formula is C63H99Cl3SiTi. The maximum atomic E-state index is 2.82. The van der Waals surface area contributed by atoms with Crippen molar-refractivity contribution in [1.29, 1.82) is 0 Å². The molecule has 0 spiro atoms. The minimum atomic E-state index is -2.91. The summed E-state index contributed by atoms with van der Waals surface area (Å²) in [7, 11) is -2.91.